The van der Waals surface area contributed by atoms with E-state index < -0.39 is 70.9 Å². The van der Waals surface area contributed by atoms with Gasteiger partial charge in [-0.3, -0.25) is 19.3 Å². The number of alkyl carbamates (subject to hydrolysis) is 1. The smallest absolute Gasteiger partial charge is 0.407 e. The number of amides is 5. The molecule has 5 amide bonds. The third-order valence-corrected chi connectivity index (χ3v) is 11.4. The van der Waals surface area contributed by atoms with E-state index in [2.05, 4.69) is 40.1 Å². The normalized spacial score (nSPS) is 22.7. The molecule has 0 aromatic rings. The Labute approximate surface area is 311 Å². The Kier molecular flexibility index (Phi) is 16.4. The van der Waals surface area contributed by atoms with Crippen LogP contribution in [0.25, 0.3) is 0 Å². The van der Waals surface area contributed by atoms with Gasteiger partial charge in [0.25, 0.3) is 5.91 Å². The van der Waals surface area contributed by atoms with Gasteiger partial charge in [0.1, 0.15) is 12.8 Å². The van der Waals surface area contributed by atoms with Crippen molar-refractivity contribution in [2.24, 2.45) is 28.6 Å². The molecule has 0 aromatic carbocycles. The molecule has 0 radical (unpaired) electrons. The number of aliphatic hydroxyl groups is 1. The van der Waals surface area contributed by atoms with Crippen molar-refractivity contribution in [2.45, 2.75) is 149 Å². The number of hydrogen-bond donors (Lipinski definition) is 6. The molecule has 3 rings (SSSR count). The fraction of sp³-hybridized carbons (Fsp3) is 0.821. The van der Waals surface area contributed by atoms with E-state index in [4.69, 9.17) is 4.74 Å². The highest BCUT2D eigenvalue weighted by atomic mass is 16.5. The van der Waals surface area contributed by atoms with E-state index in [9.17, 15) is 29.1 Å². The van der Waals surface area contributed by atoms with Crippen LogP contribution in [-0.4, -0.2) is 96.4 Å². The van der Waals surface area contributed by atoms with E-state index in [1.807, 2.05) is 41.5 Å². The summed E-state index contributed by atoms with van der Waals surface area (Å²) in [6, 6.07) is -3.54. The number of carbonyl (C=O) groups excluding carboxylic acids is 5. The van der Waals surface area contributed by atoms with Crippen LogP contribution in [0, 0.1) is 28.6 Å². The first kappa shape index (κ1) is 43.2. The third-order valence-electron chi connectivity index (χ3n) is 11.4. The first-order chi connectivity index (χ1) is 24.5. The van der Waals surface area contributed by atoms with Gasteiger partial charge < -0.3 is 36.4 Å². The van der Waals surface area contributed by atoms with Crippen molar-refractivity contribution in [3.05, 3.63) is 12.7 Å². The number of unbranched alkanes of at least 4 members (excludes halogenated alkanes) is 1. The fourth-order valence-electron chi connectivity index (χ4n) is 7.60. The lowest BCUT2D eigenvalue weighted by molar-refractivity contribution is -0.142. The summed E-state index contributed by atoms with van der Waals surface area (Å²) in [4.78, 5) is 68.1. The molecule has 296 valence electrons. The van der Waals surface area contributed by atoms with Crippen LogP contribution >= 0.6 is 0 Å². The maximum absolute atomic E-state index is 14.3. The van der Waals surface area contributed by atoms with Gasteiger partial charge in [0.05, 0.1) is 24.2 Å². The van der Waals surface area contributed by atoms with E-state index in [1.54, 1.807) is 4.90 Å². The Morgan fingerprint density at radius 2 is 1.67 bits per heavy atom. The molecule has 5 unspecified atom stereocenters. The number of nitrogens with zero attached hydrogens (tertiary/aromatic N) is 1. The van der Waals surface area contributed by atoms with Crippen molar-refractivity contribution in [1.29, 1.82) is 0 Å². The van der Waals surface area contributed by atoms with E-state index >= 15 is 0 Å². The molecular weight excluding hydrogens is 664 g/mol. The van der Waals surface area contributed by atoms with Crippen molar-refractivity contribution in [2.75, 3.05) is 26.2 Å². The predicted molar refractivity (Wildman–Crippen MR) is 201 cm³/mol. The second kappa shape index (κ2) is 19.8. The highest BCUT2D eigenvalue weighted by molar-refractivity contribution is 6.38. The van der Waals surface area contributed by atoms with Crippen molar-refractivity contribution in [3.8, 4) is 0 Å². The molecule has 0 aromatic heterocycles. The van der Waals surface area contributed by atoms with Crippen LogP contribution in [0.1, 0.15) is 119 Å². The number of hydrogen-bond acceptors (Lipinski definition) is 8. The van der Waals surface area contributed by atoms with Gasteiger partial charge in [0.15, 0.2) is 0 Å². The quantitative estimate of drug-likeness (QED) is 0.0837. The van der Waals surface area contributed by atoms with Gasteiger partial charge >= 0.3 is 12.1 Å². The minimum atomic E-state index is -1.22. The molecule has 1 aliphatic heterocycles. The maximum atomic E-state index is 14.3. The molecule has 3 aliphatic rings. The summed E-state index contributed by atoms with van der Waals surface area (Å²) in [5.41, 5.74) is -0.917. The molecule has 2 aliphatic carbocycles. The highest BCUT2D eigenvalue weighted by Gasteiger charge is 2.50. The molecule has 3 fully saturated rings. The first-order valence-electron chi connectivity index (χ1n) is 19.7. The van der Waals surface area contributed by atoms with Crippen LogP contribution in [0.5, 0.6) is 0 Å². The molecule has 52 heavy (non-hydrogen) atoms. The summed E-state index contributed by atoms with van der Waals surface area (Å²) >= 11 is 0. The second-order valence-electron chi connectivity index (χ2n) is 17.0. The Morgan fingerprint density at radius 3 is 2.25 bits per heavy atom. The largest absolute Gasteiger partial charge is 0.447 e. The molecule has 6 N–H and O–H groups in total. The number of Topliss-reactive ketones (excluding diaryl/α,β-unsaturated/α-hetero) is 1. The van der Waals surface area contributed by atoms with Gasteiger partial charge in [-0.1, -0.05) is 86.6 Å². The number of ether oxygens (including phenoxy) is 1. The van der Waals surface area contributed by atoms with Crippen LogP contribution in [-0.2, 0) is 19.1 Å². The van der Waals surface area contributed by atoms with Crippen LogP contribution < -0.4 is 26.6 Å². The summed E-state index contributed by atoms with van der Waals surface area (Å²) in [6.07, 6.45) is 8.87. The average molecular weight is 733 g/mol. The second-order valence-corrected chi connectivity index (χ2v) is 17.0. The fourth-order valence-corrected chi connectivity index (χ4v) is 7.60. The van der Waals surface area contributed by atoms with Gasteiger partial charge in [0, 0.05) is 19.6 Å². The molecule has 0 bridgehead atoms. The molecular formula is C39H68N6O7. The van der Waals surface area contributed by atoms with Gasteiger partial charge in [-0.05, 0) is 67.1 Å². The van der Waals surface area contributed by atoms with Crippen LogP contribution in [0.2, 0.25) is 0 Å². The molecule has 13 nitrogen and oxygen atoms in total. The summed E-state index contributed by atoms with van der Waals surface area (Å²) in [6.45, 7) is 18.7. The van der Waals surface area contributed by atoms with Crippen molar-refractivity contribution in [3.63, 3.8) is 0 Å². The summed E-state index contributed by atoms with van der Waals surface area (Å²) in [5, 5.41) is 26.7. The topological polar surface area (TPSA) is 178 Å². The van der Waals surface area contributed by atoms with Crippen molar-refractivity contribution < 1.29 is 33.8 Å². The van der Waals surface area contributed by atoms with Crippen LogP contribution in [0.4, 0.5) is 9.59 Å². The number of ketones is 1. The van der Waals surface area contributed by atoms with E-state index in [0.717, 1.165) is 51.4 Å². The van der Waals surface area contributed by atoms with Gasteiger partial charge in [0.2, 0.25) is 11.7 Å². The Bertz CT molecular complexity index is 1230. The van der Waals surface area contributed by atoms with E-state index in [0.29, 0.717) is 38.3 Å². The molecule has 1 heterocycles. The number of aliphatic hydroxyl groups excluding tert-OH is 1. The van der Waals surface area contributed by atoms with Crippen LogP contribution in [0.3, 0.4) is 0 Å². The number of urea groups is 1. The molecule has 13 heteroatoms. The zero-order chi connectivity index (χ0) is 38.6. The molecule has 0 spiro atoms. The molecule has 6 atom stereocenters. The summed E-state index contributed by atoms with van der Waals surface area (Å²) in [5.74, 6) is -1.43. The Balaban J connectivity index is 1.84. The zero-order valence-electron chi connectivity index (χ0n) is 32.9. The van der Waals surface area contributed by atoms with Gasteiger partial charge in [-0.15, -0.1) is 6.58 Å². The third kappa shape index (κ3) is 12.5. The first-order valence-corrected chi connectivity index (χ1v) is 19.7. The highest BCUT2D eigenvalue weighted by Crippen LogP contribution is 2.42. The Morgan fingerprint density at radius 1 is 1.00 bits per heavy atom. The van der Waals surface area contributed by atoms with Gasteiger partial charge in [-0.25, -0.2) is 9.59 Å². The Hall–Kier alpha value is -3.19. The molecule has 2 saturated carbocycles. The standard InChI is InChI=1S/C39H68N6O7/c1-9-11-15-28(31(46)34(48)40-21-10-2)42-33(47)30-27(25(3)4)18-22-45(30)35(49)32(39(8)19-13-12-14-20-39)44-36(50)43-29(38(5,6)7)24-52-37(51)41-23-26-16-17-26/h10,25-30,32,35,49H,2,9,11-24H2,1,3-8H3,(H,40,48)(H,41,51)(H,42,47)(H2,43,44,50)/t27-,28?,29?,30?,32?,35?/m1/s1. The predicted octanol–water partition coefficient (Wildman–Crippen LogP) is 4.39. The summed E-state index contributed by atoms with van der Waals surface area (Å²) in [7, 11) is 0. The molecule has 1 saturated heterocycles. The minimum Gasteiger partial charge on any atom is -0.447 e. The number of carbonyl (C=O) groups is 5. The van der Waals surface area contributed by atoms with E-state index in [-0.39, 0.29) is 25.0 Å². The van der Waals surface area contributed by atoms with Crippen molar-refractivity contribution >= 4 is 29.7 Å². The lowest BCUT2D eigenvalue weighted by Gasteiger charge is -2.46. The number of nitrogens with one attached hydrogen (secondary N) is 5. The van der Waals surface area contributed by atoms with Gasteiger partial charge in [-0.2, -0.15) is 0 Å². The number of rotatable bonds is 19. The lowest BCUT2D eigenvalue weighted by Crippen LogP contribution is -2.65. The lowest BCUT2D eigenvalue weighted by atomic mass is 9.69. The number of likely N-dealkylation sites (tertiary alicyclic amines) is 1. The summed E-state index contributed by atoms with van der Waals surface area (Å²) < 4.78 is 5.51. The zero-order valence-corrected chi connectivity index (χ0v) is 32.9. The van der Waals surface area contributed by atoms with Crippen molar-refractivity contribution in [1.82, 2.24) is 31.5 Å². The minimum absolute atomic E-state index is 0.0219. The van der Waals surface area contributed by atoms with E-state index in [1.165, 1.54) is 6.08 Å². The SMILES string of the molecule is C=CCNC(=O)C(=O)C(CCCC)NC(=O)C1[C@@H](C(C)C)CCN1C(O)C(NC(=O)NC(COC(=O)NCC1CC1)C(C)(C)C)C1(C)CCCCC1. The average Bonchev–Trinajstić information content (AvgIpc) is 3.82. The maximum Gasteiger partial charge on any atom is 0.407 e. The van der Waals surface area contributed by atoms with Crippen LogP contribution in [0.15, 0.2) is 12.7 Å². The monoisotopic (exact) mass is 733 g/mol.